The quantitative estimate of drug-likeness (QED) is 0.898. The van der Waals surface area contributed by atoms with Crippen molar-refractivity contribution in [2.75, 3.05) is 20.1 Å². The number of aliphatic hydroxyl groups excluding tert-OH is 1. The lowest BCUT2D eigenvalue weighted by molar-refractivity contribution is -0.116. The van der Waals surface area contributed by atoms with Crippen LogP contribution in [0.15, 0.2) is 18.2 Å². The fourth-order valence-corrected chi connectivity index (χ4v) is 2.05. The second-order valence-corrected chi connectivity index (χ2v) is 5.57. The van der Waals surface area contributed by atoms with E-state index in [-0.39, 0.29) is 23.3 Å². The van der Waals surface area contributed by atoms with E-state index in [1.807, 2.05) is 13.8 Å². The summed E-state index contributed by atoms with van der Waals surface area (Å²) in [5.74, 6) is -0.466. The lowest BCUT2D eigenvalue weighted by Crippen LogP contribution is -2.32. The van der Waals surface area contributed by atoms with Gasteiger partial charge in [0, 0.05) is 19.5 Å². The molecule has 0 saturated carbocycles. The van der Waals surface area contributed by atoms with Crippen LogP contribution in [-0.4, -0.2) is 42.0 Å². The van der Waals surface area contributed by atoms with E-state index in [0.29, 0.717) is 5.56 Å². The second-order valence-electron chi connectivity index (χ2n) is 5.16. The van der Waals surface area contributed by atoms with Gasteiger partial charge in [0.2, 0.25) is 0 Å². The van der Waals surface area contributed by atoms with Gasteiger partial charge in [-0.2, -0.15) is 0 Å². The molecular weight excluding hydrogens is 305 g/mol. The number of Topliss-reactive ketones (excluding diaryl/α,β-unsaturated/α-hetero) is 1. The number of ketones is 1. The van der Waals surface area contributed by atoms with E-state index in [1.54, 1.807) is 6.07 Å². The molecule has 1 aromatic carbocycles. The number of rotatable bonds is 2. The molecule has 0 amide bonds. The van der Waals surface area contributed by atoms with Crippen LogP contribution in [0.5, 0.6) is 0 Å². The molecule has 1 fully saturated rings. The molecule has 0 atom stereocenters. The molecule has 0 aromatic heterocycles. The molecule has 5 heteroatoms. The molecule has 22 heavy (non-hydrogen) atoms. The minimum Gasteiger partial charge on any atom is -0.393 e. The van der Waals surface area contributed by atoms with Gasteiger partial charge in [-0.1, -0.05) is 31.5 Å². The van der Waals surface area contributed by atoms with Crippen LogP contribution in [0, 0.1) is 5.82 Å². The Kier molecular flexibility index (Phi) is 11.1. The van der Waals surface area contributed by atoms with Gasteiger partial charge in [0.05, 0.1) is 11.1 Å². The molecule has 1 aliphatic heterocycles. The number of aliphatic hydroxyl groups is 1. The first-order chi connectivity index (χ1) is 10.4. The molecule has 1 N–H and O–H groups in total. The molecule has 3 nitrogen and oxygen atoms in total. The molecule has 0 spiro atoms. The average Bonchev–Trinajstić information content (AvgIpc) is 2.48. The summed E-state index contributed by atoms with van der Waals surface area (Å²) >= 11 is 5.46. The fraction of sp³-hybridized carbons (Fsp3) is 0.588. The van der Waals surface area contributed by atoms with E-state index in [4.69, 9.17) is 16.7 Å². The lowest BCUT2D eigenvalue weighted by Gasteiger charge is -2.25. The van der Waals surface area contributed by atoms with Gasteiger partial charge < -0.3 is 10.0 Å². The highest BCUT2D eigenvalue weighted by Gasteiger charge is 2.12. The zero-order chi connectivity index (χ0) is 17.1. The van der Waals surface area contributed by atoms with E-state index in [9.17, 15) is 9.18 Å². The first-order valence-electron chi connectivity index (χ1n) is 7.68. The van der Waals surface area contributed by atoms with Gasteiger partial charge in [-0.05, 0) is 44.5 Å². The first-order valence-corrected chi connectivity index (χ1v) is 8.06. The SMILES string of the molecule is CC.CC(=O)Cc1ccc(Cl)c(F)c1.CN1CCC(O)CC1. The number of halogens is 2. The van der Waals surface area contributed by atoms with Crippen LogP contribution in [-0.2, 0) is 11.2 Å². The van der Waals surface area contributed by atoms with Crippen LogP contribution in [0.4, 0.5) is 4.39 Å². The molecule has 1 aromatic rings. The molecular formula is C17H27ClFNO2. The predicted molar refractivity (Wildman–Crippen MR) is 89.9 cm³/mol. The lowest BCUT2D eigenvalue weighted by atomic mass is 10.1. The van der Waals surface area contributed by atoms with Crippen LogP contribution in [0.25, 0.3) is 0 Å². The summed E-state index contributed by atoms with van der Waals surface area (Å²) in [6, 6.07) is 4.38. The van der Waals surface area contributed by atoms with Crippen molar-refractivity contribution in [3.8, 4) is 0 Å². The van der Waals surface area contributed by atoms with Crippen molar-refractivity contribution in [3.05, 3.63) is 34.6 Å². The maximum atomic E-state index is 12.8. The summed E-state index contributed by atoms with van der Waals surface area (Å²) in [5.41, 5.74) is 0.657. The predicted octanol–water partition coefficient (Wildman–Crippen LogP) is 3.71. The van der Waals surface area contributed by atoms with Crippen LogP contribution < -0.4 is 0 Å². The number of piperidine rings is 1. The highest BCUT2D eigenvalue weighted by atomic mass is 35.5. The Morgan fingerprint density at radius 1 is 1.36 bits per heavy atom. The standard InChI is InChI=1S/C9H8ClFO.C6H13NO.C2H6/c1-6(12)4-7-2-3-8(10)9(11)5-7;1-7-4-2-6(8)3-5-7;1-2/h2-3,5H,4H2,1H3;6,8H,2-5H2,1H3;1-2H3. The van der Waals surface area contributed by atoms with Gasteiger partial charge >= 0.3 is 0 Å². The Bertz CT molecular complexity index is 436. The monoisotopic (exact) mass is 331 g/mol. The van der Waals surface area contributed by atoms with Gasteiger partial charge in [-0.15, -0.1) is 0 Å². The molecule has 1 aliphatic rings. The van der Waals surface area contributed by atoms with Crippen LogP contribution in [0.2, 0.25) is 5.02 Å². The molecule has 2 rings (SSSR count). The van der Waals surface area contributed by atoms with Gasteiger partial charge in [0.15, 0.2) is 0 Å². The molecule has 0 unspecified atom stereocenters. The van der Waals surface area contributed by atoms with E-state index >= 15 is 0 Å². The van der Waals surface area contributed by atoms with Crippen LogP contribution in [0.3, 0.4) is 0 Å². The number of hydrogen-bond acceptors (Lipinski definition) is 3. The maximum Gasteiger partial charge on any atom is 0.142 e. The van der Waals surface area contributed by atoms with Crippen molar-refractivity contribution >= 4 is 17.4 Å². The summed E-state index contributed by atoms with van der Waals surface area (Å²) < 4.78 is 12.8. The topological polar surface area (TPSA) is 40.5 Å². The maximum absolute atomic E-state index is 12.8. The first kappa shape index (κ1) is 21.0. The van der Waals surface area contributed by atoms with E-state index in [2.05, 4.69) is 11.9 Å². The third-order valence-electron chi connectivity index (χ3n) is 3.13. The largest absolute Gasteiger partial charge is 0.393 e. The van der Waals surface area contributed by atoms with Crippen molar-refractivity contribution < 1.29 is 14.3 Å². The molecule has 1 heterocycles. The highest BCUT2D eigenvalue weighted by Crippen LogP contribution is 2.15. The smallest absolute Gasteiger partial charge is 0.142 e. The number of carbonyl (C=O) groups is 1. The molecule has 0 radical (unpaired) electrons. The fourth-order valence-electron chi connectivity index (χ4n) is 1.93. The number of benzene rings is 1. The van der Waals surface area contributed by atoms with Crippen molar-refractivity contribution in [1.29, 1.82) is 0 Å². The third kappa shape index (κ3) is 9.13. The Morgan fingerprint density at radius 2 is 1.91 bits per heavy atom. The third-order valence-corrected chi connectivity index (χ3v) is 3.43. The van der Waals surface area contributed by atoms with Crippen LogP contribution >= 0.6 is 11.6 Å². The van der Waals surface area contributed by atoms with Crippen molar-refractivity contribution in [2.24, 2.45) is 0 Å². The summed E-state index contributed by atoms with van der Waals surface area (Å²) in [4.78, 5) is 12.9. The summed E-state index contributed by atoms with van der Waals surface area (Å²) in [6.45, 7) is 7.58. The Balaban J connectivity index is 0.000000382. The summed E-state index contributed by atoms with van der Waals surface area (Å²) in [7, 11) is 2.09. The normalized spacial score (nSPS) is 15.2. The molecule has 1 saturated heterocycles. The minimum atomic E-state index is -0.476. The van der Waals surface area contributed by atoms with Crippen molar-refractivity contribution in [3.63, 3.8) is 0 Å². The highest BCUT2D eigenvalue weighted by molar-refractivity contribution is 6.30. The van der Waals surface area contributed by atoms with Gasteiger partial charge in [0.1, 0.15) is 11.6 Å². The van der Waals surface area contributed by atoms with Crippen molar-refractivity contribution in [2.45, 2.75) is 46.1 Å². The number of carbonyl (C=O) groups excluding carboxylic acids is 1. The second kappa shape index (κ2) is 11.6. The minimum absolute atomic E-state index is 0.0109. The Hall–Kier alpha value is -0.970. The Morgan fingerprint density at radius 3 is 2.32 bits per heavy atom. The van der Waals surface area contributed by atoms with Crippen LogP contribution in [0.1, 0.15) is 39.2 Å². The number of likely N-dealkylation sites (tertiary alicyclic amines) is 1. The summed E-state index contributed by atoms with van der Waals surface area (Å²) in [6.07, 6.45) is 2.15. The molecule has 126 valence electrons. The van der Waals surface area contributed by atoms with Crippen molar-refractivity contribution in [1.82, 2.24) is 4.90 Å². The number of nitrogens with zero attached hydrogens (tertiary/aromatic N) is 1. The molecule has 0 bridgehead atoms. The zero-order valence-electron chi connectivity index (χ0n) is 13.9. The molecule has 0 aliphatic carbocycles. The van der Waals surface area contributed by atoms with E-state index < -0.39 is 5.82 Å². The zero-order valence-corrected chi connectivity index (χ0v) is 14.7. The summed E-state index contributed by atoms with van der Waals surface area (Å²) in [5, 5.41) is 9.09. The average molecular weight is 332 g/mol. The number of hydrogen-bond donors (Lipinski definition) is 1. The Labute approximate surface area is 138 Å². The van der Waals surface area contributed by atoms with Gasteiger partial charge in [-0.25, -0.2) is 4.39 Å². The van der Waals surface area contributed by atoms with Gasteiger partial charge in [0.25, 0.3) is 0 Å². The van der Waals surface area contributed by atoms with E-state index in [1.165, 1.54) is 19.1 Å². The van der Waals surface area contributed by atoms with E-state index in [0.717, 1.165) is 25.9 Å². The van der Waals surface area contributed by atoms with Gasteiger partial charge in [-0.3, -0.25) is 4.79 Å².